The highest BCUT2D eigenvalue weighted by Crippen LogP contribution is 2.59. The van der Waals surface area contributed by atoms with Gasteiger partial charge in [0.15, 0.2) is 0 Å². The van der Waals surface area contributed by atoms with Crippen LogP contribution in [0, 0.1) is 23.5 Å². The first-order chi connectivity index (χ1) is 40.5. The third kappa shape index (κ3) is 13.7. The number of urea groups is 1. The lowest BCUT2D eigenvalue weighted by Crippen LogP contribution is -2.62. The number of rotatable bonds is 18. The van der Waals surface area contributed by atoms with Gasteiger partial charge in [0.1, 0.15) is 41.5 Å². The van der Waals surface area contributed by atoms with Crippen molar-refractivity contribution >= 4 is 71.8 Å². The Hall–Kier alpha value is -8.92. The van der Waals surface area contributed by atoms with E-state index in [1.165, 1.54) is 51.1 Å². The van der Waals surface area contributed by atoms with Crippen LogP contribution in [0.15, 0.2) is 91.0 Å². The smallest absolute Gasteiger partial charge is 0.370 e. The third-order valence-electron chi connectivity index (χ3n) is 15.4. The zero-order chi connectivity index (χ0) is 60.9. The molecule has 27 heteroatoms. The summed E-state index contributed by atoms with van der Waals surface area (Å²) >= 11 is 0. The number of H-pyrrole nitrogens is 1. The molecule has 10 N–H and O–H groups in total. The standard InChI is InChI=1S/C58H59F4N10O12P/c59-37-12-5-10-33(27-37)50(34-11-6-13-38(60)28-34)69-51(75)43(18-21-48(63)73)66-54(78)47-19-16-39-23-25-70(31-45(56(80)72(39)47)67-52(76)44-29-35-26-36(15-17-42(35)65-44)58(61,62)85(82,83)84)57(81)64-24-4-2-1-3-8-32-9-7-14-40-41(32)30-71(55(40)79)46-20-22-49(74)68-53(46)77/h5-7,9-15,17,26-29,39,43,45-47,50,65H,1-2,4,16,18-25,30-31H2,(H2,63,73)(H,64,81)(H,66,78)(H,67,76)(H,69,75)(H,68,74,77)(H2,82,83,84)/t39-,43+,45+,46?,47+/m1/s1. The maximum Gasteiger partial charge on any atom is 0.399 e. The Balaban J connectivity index is 0.895. The van der Waals surface area contributed by atoms with E-state index in [2.05, 4.69) is 43.4 Å². The van der Waals surface area contributed by atoms with E-state index in [1.54, 1.807) is 18.2 Å². The van der Waals surface area contributed by atoms with Gasteiger partial charge in [-0.3, -0.25) is 48.2 Å². The molecule has 4 aromatic carbocycles. The van der Waals surface area contributed by atoms with Gasteiger partial charge in [-0.15, -0.1) is 0 Å². The fraction of sp³-hybridized carbons (Fsp3) is 0.362. The molecule has 5 aromatic rings. The van der Waals surface area contributed by atoms with E-state index in [4.69, 9.17) is 5.73 Å². The van der Waals surface area contributed by atoms with Crippen molar-refractivity contribution in [3.05, 3.63) is 142 Å². The van der Waals surface area contributed by atoms with Crippen molar-refractivity contribution in [2.75, 3.05) is 19.6 Å². The van der Waals surface area contributed by atoms with Crippen LogP contribution in [0.2, 0.25) is 0 Å². The fourth-order valence-corrected chi connectivity index (χ4v) is 11.5. The highest BCUT2D eigenvalue weighted by molar-refractivity contribution is 7.52. The molecule has 4 aliphatic heterocycles. The molecule has 3 saturated heterocycles. The lowest BCUT2D eigenvalue weighted by Gasteiger charge is -2.39. The van der Waals surface area contributed by atoms with Gasteiger partial charge in [0.05, 0.1) is 12.6 Å². The van der Waals surface area contributed by atoms with Gasteiger partial charge < -0.3 is 56.5 Å². The number of aromatic nitrogens is 1. The van der Waals surface area contributed by atoms with Crippen molar-refractivity contribution < 1.29 is 75.1 Å². The number of unbranched alkanes of at least 4 members (excludes halogenated alkanes) is 2. The molecule has 0 radical (unpaired) electrons. The summed E-state index contributed by atoms with van der Waals surface area (Å²) in [5.41, 5.74) is 1.85. The zero-order valence-corrected chi connectivity index (χ0v) is 46.3. The number of primary amides is 1. The minimum Gasteiger partial charge on any atom is -0.370 e. The molecule has 9 rings (SSSR count). The van der Waals surface area contributed by atoms with Crippen LogP contribution in [0.4, 0.5) is 22.4 Å². The van der Waals surface area contributed by atoms with E-state index in [1.807, 2.05) is 0 Å². The first-order valence-electron chi connectivity index (χ1n) is 27.3. The van der Waals surface area contributed by atoms with Gasteiger partial charge >= 0.3 is 19.3 Å². The average Bonchev–Trinajstić information content (AvgIpc) is 2.58. The molecule has 446 valence electrons. The minimum atomic E-state index is -5.97. The van der Waals surface area contributed by atoms with Gasteiger partial charge in [0.2, 0.25) is 35.4 Å². The molecular weight excluding hydrogens is 1140 g/mol. The Morgan fingerprint density at radius 3 is 2.26 bits per heavy atom. The Bertz CT molecular complexity index is 3580. The van der Waals surface area contributed by atoms with Gasteiger partial charge in [-0.05, 0) is 116 Å². The SMILES string of the molecule is NC(=O)CC[C@H](NC(=O)[C@@H]1CC[C@@H]2CCN(C(=O)NCCCCC#Cc3cccc4c3CN(C3CCC(=O)NC3=O)C4=O)C[C@H](NC(=O)c3cc4cc(C(F)(F)P(=O)(O)O)ccc4[nH]3)C(=O)N21)C(=O)NC(c1cccc(F)c1)c1cccc(F)c1. The highest BCUT2D eigenvalue weighted by atomic mass is 31.2. The van der Waals surface area contributed by atoms with Crippen molar-refractivity contribution in [1.82, 2.24) is 46.3 Å². The first kappa shape index (κ1) is 60.7. The Kier molecular flexibility index (Phi) is 18.2. The molecule has 0 spiro atoms. The number of imide groups is 1. The molecule has 5 heterocycles. The predicted molar refractivity (Wildman–Crippen MR) is 295 cm³/mol. The topological polar surface area (TPSA) is 323 Å². The van der Waals surface area contributed by atoms with Crippen LogP contribution in [0.3, 0.4) is 0 Å². The summed E-state index contributed by atoms with van der Waals surface area (Å²) in [5.74, 6) is -0.662. The van der Waals surface area contributed by atoms with E-state index in [0.29, 0.717) is 36.0 Å². The predicted octanol–water partition coefficient (Wildman–Crippen LogP) is 4.19. The van der Waals surface area contributed by atoms with Crippen LogP contribution in [-0.2, 0) is 45.5 Å². The number of piperidine rings is 1. The number of alkyl halides is 2. The lowest BCUT2D eigenvalue weighted by molar-refractivity contribution is -0.143. The number of hydrogen-bond donors (Lipinski definition) is 9. The summed E-state index contributed by atoms with van der Waals surface area (Å²) in [6, 6.07) is 11.7. The monoisotopic (exact) mass is 1190 g/mol. The van der Waals surface area contributed by atoms with Crippen molar-refractivity contribution in [2.45, 2.75) is 113 Å². The van der Waals surface area contributed by atoms with E-state index >= 15 is 0 Å². The Morgan fingerprint density at radius 2 is 1.58 bits per heavy atom. The number of nitrogens with zero attached hydrogens (tertiary/aromatic N) is 3. The molecule has 0 aliphatic carbocycles. The summed E-state index contributed by atoms with van der Waals surface area (Å²) < 4.78 is 70.2. The van der Waals surface area contributed by atoms with Crippen molar-refractivity contribution in [1.29, 1.82) is 0 Å². The maximum atomic E-state index is 15.0. The quantitative estimate of drug-likeness (QED) is 0.0196. The van der Waals surface area contributed by atoms with Crippen molar-refractivity contribution in [3.63, 3.8) is 0 Å². The zero-order valence-electron chi connectivity index (χ0n) is 45.4. The summed E-state index contributed by atoms with van der Waals surface area (Å²) in [6.45, 7) is -0.136. The second-order valence-electron chi connectivity index (χ2n) is 21.2. The van der Waals surface area contributed by atoms with Crippen molar-refractivity contribution in [3.8, 4) is 11.8 Å². The summed E-state index contributed by atoms with van der Waals surface area (Å²) in [6.07, 6.45) is 1.37. The van der Waals surface area contributed by atoms with E-state index in [0.717, 1.165) is 36.4 Å². The number of hydrogen-bond acceptors (Lipinski definition) is 10. The lowest BCUT2D eigenvalue weighted by atomic mass is 9.97. The van der Waals surface area contributed by atoms with Gasteiger partial charge in [0, 0.05) is 72.5 Å². The van der Waals surface area contributed by atoms with Crippen LogP contribution in [0.5, 0.6) is 0 Å². The number of nitrogens with one attached hydrogen (secondary N) is 6. The number of benzene rings is 4. The first-order valence-corrected chi connectivity index (χ1v) is 29.0. The average molecular weight is 1200 g/mol. The van der Waals surface area contributed by atoms with Gasteiger partial charge in [-0.25, -0.2) is 13.6 Å². The second-order valence-corrected chi connectivity index (χ2v) is 22.8. The minimum absolute atomic E-state index is 0.00543. The van der Waals surface area contributed by atoms with Crippen LogP contribution >= 0.6 is 7.60 Å². The van der Waals surface area contributed by atoms with E-state index in [-0.39, 0.29) is 91.8 Å². The number of aromatic amines is 1. The number of nitrogens with two attached hydrogens (primary N) is 1. The summed E-state index contributed by atoms with van der Waals surface area (Å²) in [7, 11) is -5.97. The second kappa shape index (κ2) is 25.5. The largest absolute Gasteiger partial charge is 0.399 e. The molecule has 4 aliphatic rings. The Labute approximate surface area is 483 Å². The van der Waals surface area contributed by atoms with Gasteiger partial charge in [0.25, 0.3) is 11.8 Å². The molecule has 0 saturated carbocycles. The normalized spacial score (nSPS) is 19.3. The fourth-order valence-electron chi connectivity index (χ4n) is 11.1. The Morgan fingerprint density at radius 1 is 0.859 bits per heavy atom. The molecule has 1 unspecified atom stereocenters. The number of carbonyl (C=O) groups is 9. The number of carbonyl (C=O) groups excluding carboxylic acids is 9. The molecule has 1 aromatic heterocycles. The van der Waals surface area contributed by atoms with E-state index in [9.17, 15) is 75.1 Å². The highest BCUT2D eigenvalue weighted by Gasteiger charge is 2.51. The van der Waals surface area contributed by atoms with Crippen LogP contribution in [-0.4, -0.2) is 133 Å². The third-order valence-corrected chi connectivity index (χ3v) is 16.4. The summed E-state index contributed by atoms with van der Waals surface area (Å²) in [4.78, 5) is 147. The van der Waals surface area contributed by atoms with Gasteiger partial charge in [-0.1, -0.05) is 48.2 Å². The van der Waals surface area contributed by atoms with Crippen LogP contribution < -0.4 is 32.3 Å². The van der Waals surface area contributed by atoms with Crippen LogP contribution in [0.1, 0.15) is 119 Å². The molecule has 85 heavy (non-hydrogen) atoms. The molecule has 0 bridgehead atoms. The van der Waals surface area contributed by atoms with Crippen molar-refractivity contribution in [2.24, 2.45) is 5.73 Å². The maximum absolute atomic E-state index is 15.0. The molecule has 3 fully saturated rings. The molecule has 5 atom stereocenters. The number of halogens is 4. The summed E-state index contributed by atoms with van der Waals surface area (Å²) in [5, 5.41) is 13.1. The van der Waals surface area contributed by atoms with Crippen LogP contribution in [0.25, 0.3) is 10.9 Å². The molecular formula is C58H59F4N10O12P. The van der Waals surface area contributed by atoms with E-state index < -0.39 is 127 Å². The molecule has 22 nitrogen and oxygen atoms in total. The molecule has 10 amide bonds. The number of fused-ring (bicyclic) bond motifs is 3. The number of amides is 10. The van der Waals surface area contributed by atoms with Gasteiger partial charge in [-0.2, -0.15) is 8.78 Å².